The molecule has 0 spiro atoms. The van der Waals surface area contributed by atoms with Crippen molar-refractivity contribution in [3.63, 3.8) is 0 Å². The monoisotopic (exact) mass is 609 g/mol. The first-order valence-corrected chi connectivity index (χ1v) is 13.6. The molecule has 0 saturated heterocycles. The second kappa shape index (κ2) is 11.2. The Morgan fingerprint density at radius 2 is 1.85 bits per heavy atom. The molecule has 2 atom stereocenters. The number of thioether (sulfide) groups is 1. The molecule has 9 nitrogen and oxygen atoms in total. The third-order valence-electron chi connectivity index (χ3n) is 6.89. The molecule has 0 radical (unpaired) electrons. The Morgan fingerprint density at radius 1 is 1.12 bits per heavy atom. The van der Waals surface area contributed by atoms with E-state index >= 15 is 0 Å². The van der Waals surface area contributed by atoms with Crippen molar-refractivity contribution in [2.75, 3.05) is 25.6 Å². The van der Waals surface area contributed by atoms with Gasteiger partial charge in [0.2, 0.25) is 18.0 Å². The summed E-state index contributed by atoms with van der Waals surface area (Å²) in [4.78, 5) is 39.5. The van der Waals surface area contributed by atoms with Crippen LogP contribution in [0.25, 0.3) is 0 Å². The number of fused-ring (bicyclic) bond motifs is 3. The first-order valence-electron chi connectivity index (χ1n) is 12.3. The lowest BCUT2D eigenvalue weighted by Gasteiger charge is -2.46. The van der Waals surface area contributed by atoms with Gasteiger partial charge in [0.05, 0.1) is 13.2 Å². The summed E-state index contributed by atoms with van der Waals surface area (Å²) in [6, 6.07) is 11.0. The van der Waals surface area contributed by atoms with Crippen molar-refractivity contribution in [2.45, 2.75) is 35.8 Å². The zero-order valence-electron chi connectivity index (χ0n) is 21.7. The van der Waals surface area contributed by atoms with Crippen molar-refractivity contribution in [3.8, 4) is 5.75 Å². The summed E-state index contributed by atoms with van der Waals surface area (Å²) >= 11 is 8.13. The van der Waals surface area contributed by atoms with Crippen LogP contribution in [0, 0.1) is 0 Å². The lowest BCUT2D eigenvalue weighted by Crippen LogP contribution is -2.60. The van der Waals surface area contributed by atoms with E-state index in [1.807, 2.05) is 30.3 Å². The van der Waals surface area contributed by atoms with Crippen LogP contribution in [0.2, 0.25) is 5.02 Å². The molecule has 0 N–H and O–H groups in total. The Hall–Kier alpha value is -3.84. The molecule has 3 aromatic rings. The fourth-order valence-corrected chi connectivity index (χ4v) is 6.29. The highest BCUT2D eigenvalue weighted by molar-refractivity contribution is 7.98. The van der Waals surface area contributed by atoms with Gasteiger partial charge >= 0.3 is 12.3 Å². The predicted octanol–water partition coefficient (Wildman–Crippen LogP) is 5.32. The molecular formula is C27H23ClF3N3O6S. The molecule has 5 rings (SSSR count). The number of aromatic nitrogens is 1. The van der Waals surface area contributed by atoms with Crippen LogP contribution in [-0.2, 0) is 15.2 Å². The van der Waals surface area contributed by atoms with E-state index in [0.717, 1.165) is 41.7 Å². The van der Waals surface area contributed by atoms with Crippen LogP contribution in [-0.4, -0.2) is 54.4 Å². The average molecular weight is 610 g/mol. The molecule has 0 fully saturated rings. The lowest BCUT2D eigenvalue weighted by molar-refractivity contribution is -0.173. The Kier molecular flexibility index (Phi) is 7.84. The smallest absolute Gasteiger partial charge is 0.451 e. The Balaban J connectivity index is 1.73. The number of nitrogens with zero attached hydrogens (tertiary/aromatic N) is 3. The van der Waals surface area contributed by atoms with E-state index in [4.69, 9.17) is 21.1 Å². The van der Waals surface area contributed by atoms with E-state index in [-0.39, 0.29) is 0 Å². The molecule has 0 saturated carbocycles. The van der Waals surface area contributed by atoms with Gasteiger partial charge in [-0.3, -0.25) is 19.3 Å². The molecule has 2 aromatic carbocycles. The van der Waals surface area contributed by atoms with Gasteiger partial charge in [0, 0.05) is 27.9 Å². The van der Waals surface area contributed by atoms with Gasteiger partial charge in [0.15, 0.2) is 5.69 Å². The van der Waals surface area contributed by atoms with Crippen LogP contribution in [0.4, 0.5) is 18.0 Å². The molecule has 41 heavy (non-hydrogen) atoms. The van der Waals surface area contributed by atoms with E-state index in [9.17, 15) is 27.6 Å². The highest BCUT2D eigenvalue weighted by Crippen LogP contribution is 2.45. The van der Waals surface area contributed by atoms with E-state index in [1.165, 1.54) is 22.6 Å². The first-order chi connectivity index (χ1) is 19.5. The summed E-state index contributed by atoms with van der Waals surface area (Å²) in [5, 5.41) is 2.05. The Morgan fingerprint density at radius 3 is 2.59 bits per heavy atom. The van der Waals surface area contributed by atoms with E-state index in [1.54, 1.807) is 17.1 Å². The zero-order valence-corrected chi connectivity index (χ0v) is 23.3. The van der Waals surface area contributed by atoms with Crippen molar-refractivity contribution >= 4 is 35.4 Å². The van der Waals surface area contributed by atoms with E-state index in [2.05, 4.69) is 4.74 Å². The van der Waals surface area contributed by atoms with Crippen LogP contribution in [0.3, 0.4) is 0 Å². The largest absolute Gasteiger partial charge is 0.510 e. The van der Waals surface area contributed by atoms with Gasteiger partial charge in [-0.2, -0.15) is 13.2 Å². The number of carbonyl (C=O) groups excluding carboxylic acids is 2. The molecule has 2 aliphatic heterocycles. The number of rotatable bonds is 5. The van der Waals surface area contributed by atoms with E-state index < -0.39 is 60.7 Å². The van der Waals surface area contributed by atoms with Crippen LogP contribution in [0.1, 0.15) is 40.1 Å². The number of carbonyl (C=O) groups is 2. The minimum absolute atomic E-state index is 0.453. The summed E-state index contributed by atoms with van der Waals surface area (Å²) in [7, 11) is 1.06. The predicted molar refractivity (Wildman–Crippen MR) is 144 cm³/mol. The number of alkyl halides is 3. The third-order valence-corrected chi connectivity index (χ3v) is 8.36. The first kappa shape index (κ1) is 28.7. The topological polar surface area (TPSA) is 90.3 Å². The number of amides is 1. The number of hydrogen-bond donors (Lipinski definition) is 0. The normalized spacial score (nSPS) is 17.1. The fraction of sp³-hybridized carbons (Fsp3) is 0.296. The standard InChI is InChI=1S/C27H23ClF3N3O6S/c1-15(27(29,30)31)32-13-34(33-11-10-20(35)24(23(33)25(32)36)39-14-40-26(37)38-2)22-16-7-5-8-19(28)18(16)12-41-21-9-4-3-6-17(21)22/h3-11,15,22H,12-14H2,1-2H3/t15-,22+/m1/s1. The number of methoxy groups -OCH3 is 1. The van der Waals surface area contributed by atoms with Crippen LogP contribution < -0.4 is 15.2 Å². The highest BCUT2D eigenvalue weighted by atomic mass is 35.5. The summed E-state index contributed by atoms with van der Waals surface area (Å²) in [5.74, 6) is -1.15. The van der Waals surface area contributed by atoms with Gasteiger partial charge < -0.3 is 19.1 Å². The lowest BCUT2D eigenvalue weighted by atomic mass is 9.94. The molecule has 3 heterocycles. The van der Waals surface area contributed by atoms with Gasteiger partial charge in [-0.05, 0) is 35.7 Å². The van der Waals surface area contributed by atoms with Crippen LogP contribution in [0.5, 0.6) is 5.75 Å². The Bertz CT molecular complexity index is 1570. The van der Waals surface area contributed by atoms with Gasteiger partial charge in [-0.1, -0.05) is 41.9 Å². The van der Waals surface area contributed by atoms with Crippen LogP contribution in [0.15, 0.2) is 64.4 Å². The minimum Gasteiger partial charge on any atom is -0.451 e. The maximum atomic E-state index is 14.1. The van der Waals surface area contributed by atoms with Crippen molar-refractivity contribution < 1.29 is 37.0 Å². The van der Waals surface area contributed by atoms with Crippen molar-refractivity contribution in [3.05, 3.63) is 92.4 Å². The van der Waals surface area contributed by atoms with Crippen molar-refractivity contribution in [2.24, 2.45) is 0 Å². The van der Waals surface area contributed by atoms with Gasteiger partial charge in [-0.15, -0.1) is 11.8 Å². The molecule has 0 aliphatic carbocycles. The summed E-state index contributed by atoms with van der Waals surface area (Å²) in [6.45, 7) is -0.430. The SMILES string of the molecule is COC(=O)OCOc1c2n(ccc1=O)N([C@@H]1c3ccccc3SCc3c(Cl)cccc31)CN([C@H](C)C(F)(F)F)C2=O. The Labute approximate surface area is 241 Å². The van der Waals surface area contributed by atoms with Gasteiger partial charge in [0.25, 0.3) is 5.91 Å². The average Bonchev–Trinajstić information content (AvgIpc) is 3.11. The number of hydrogen-bond acceptors (Lipinski definition) is 8. The van der Waals surface area contributed by atoms with E-state index in [0.29, 0.717) is 15.7 Å². The molecule has 1 aromatic heterocycles. The van der Waals surface area contributed by atoms with Gasteiger partial charge in [0.1, 0.15) is 12.7 Å². The van der Waals surface area contributed by atoms with Crippen molar-refractivity contribution in [1.29, 1.82) is 0 Å². The molecule has 0 unspecified atom stereocenters. The maximum absolute atomic E-state index is 14.1. The summed E-state index contributed by atoms with van der Waals surface area (Å²) in [6.07, 6.45) is -4.58. The quantitative estimate of drug-likeness (QED) is 0.284. The second-order valence-electron chi connectivity index (χ2n) is 9.17. The third kappa shape index (κ3) is 5.31. The second-order valence-corrected chi connectivity index (χ2v) is 10.6. The van der Waals surface area contributed by atoms with Crippen LogP contribution >= 0.6 is 23.4 Å². The fourth-order valence-electron chi connectivity index (χ4n) is 4.82. The molecule has 1 amide bonds. The number of benzene rings is 2. The molecule has 2 aliphatic rings. The molecular weight excluding hydrogens is 587 g/mol. The maximum Gasteiger partial charge on any atom is 0.510 e. The molecule has 14 heteroatoms. The summed E-state index contributed by atoms with van der Waals surface area (Å²) in [5.41, 5.74) is 1.04. The highest BCUT2D eigenvalue weighted by Gasteiger charge is 2.48. The van der Waals surface area contributed by atoms with Gasteiger partial charge in [-0.25, -0.2) is 4.79 Å². The summed E-state index contributed by atoms with van der Waals surface area (Å²) < 4.78 is 57.9. The zero-order chi connectivity index (χ0) is 29.5. The van der Waals surface area contributed by atoms with Crippen molar-refractivity contribution in [1.82, 2.24) is 9.58 Å². The number of halogens is 4. The molecule has 216 valence electrons. The minimum atomic E-state index is -4.77. The number of pyridine rings is 1. The molecule has 0 bridgehead atoms. The number of ether oxygens (including phenoxy) is 3.